The molecule has 0 fully saturated rings. The third-order valence-electron chi connectivity index (χ3n) is 4.03. The van der Waals surface area contributed by atoms with Gasteiger partial charge in [0, 0.05) is 18.4 Å². The Labute approximate surface area is 164 Å². The van der Waals surface area contributed by atoms with E-state index in [2.05, 4.69) is 20.2 Å². The average molecular weight is 396 g/mol. The lowest BCUT2D eigenvalue weighted by atomic mass is 10.1. The van der Waals surface area contributed by atoms with Crippen LogP contribution in [0.25, 0.3) is 10.2 Å². The zero-order valence-corrected chi connectivity index (χ0v) is 16.3. The summed E-state index contributed by atoms with van der Waals surface area (Å²) in [6, 6.07) is 15.7. The molecule has 0 saturated carbocycles. The maximum atomic E-state index is 12.7. The van der Waals surface area contributed by atoms with E-state index in [1.54, 1.807) is 28.0 Å². The topological polar surface area (TPSA) is 74.8 Å². The van der Waals surface area contributed by atoms with Gasteiger partial charge in [0.25, 0.3) is 5.91 Å². The van der Waals surface area contributed by atoms with Gasteiger partial charge < -0.3 is 4.90 Å². The number of amides is 1. The largest absolute Gasteiger partial charge is 0.335 e. The number of thiazole rings is 1. The lowest BCUT2D eigenvalue weighted by molar-refractivity contribution is 0.0785. The third-order valence-corrected chi connectivity index (χ3v) is 6.00. The van der Waals surface area contributed by atoms with Gasteiger partial charge in [-0.2, -0.15) is 5.10 Å². The second-order valence-corrected chi connectivity index (χ2v) is 8.09. The van der Waals surface area contributed by atoms with Crippen LogP contribution in [-0.2, 0) is 12.3 Å². The number of carbonyl (C=O) groups is 1. The molecule has 0 atom stereocenters. The van der Waals surface area contributed by atoms with Gasteiger partial charge in [-0.15, -0.1) is 11.3 Å². The van der Waals surface area contributed by atoms with Gasteiger partial charge in [-0.05, 0) is 29.8 Å². The average Bonchev–Trinajstić information content (AvgIpc) is 3.35. The van der Waals surface area contributed by atoms with Gasteiger partial charge in [0.2, 0.25) is 0 Å². The van der Waals surface area contributed by atoms with Gasteiger partial charge >= 0.3 is 0 Å². The van der Waals surface area contributed by atoms with Crippen molar-refractivity contribution in [3.05, 3.63) is 71.0 Å². The van der Waals surface area contributed by atoms with Crippen LogP contribution in [0.1, 0.15) is 20.9 Å². The van der Waals surface area contributed by atoms with E-state index in [-0.39, 0.29) is 5.91 Å². The van der Waals surface area contributed by atoms with Crippen molar-refractivity contribution in [2.75, 3.05) is 7.05 Å². The minimum Gasteiger partial charge on any atom is -0.335 e. The van der Waals surface area contributed by atoms with Gasteiger partial charge in [0.1, 0.15) is 11.3 Å². The Morgan fingerprint density at radius 2 is 2.00 bits per heavy atom. The number of fused-ring (bicyclic) bond motifs is 1. The van der Waals surface area contributed by atoms with Crippen molar-refractivity contribution in [3.8, 4) is 0 Å². The first kappa shape index (κ1) is 17.7. The van der Waals surface area contributed by atoms with Crippen molar-refractivity contribution in [3.63, 3.8) is 0 Å². The van der Waals surface area contributed by atoms with Crippen molar-refractivity contribution >= 4 is 39.2 Å². The lowest BCUT2D eigenvalue weighted by Crippen LogP contribution is -2.26. The lowest BCUT2D eigenvalue weighted by Gasteiger charge is -2.15. The number of thioether (sulfide) groups is 1. The summed E-state index contributed by atoms with van der Waals surface area (Å²) < 4.78 is 1.14. The molecule has 0 spiro atoms. The summed E-state index contributed by atoms with van der Waals surface area (Å²) in [6.07, 6.45) is 1.49. The molecule has 1 amide bonds. The Morgan fingerprint density at radius 1 is 1.19 bits per heavy atom. The molecule has 136 valence electrons. The molecule has 0 aliphatic heterocycles. The van der Waals surface area contributed by atoms with Gasteiger partial charge in [-0.25, -0.2) is 9.97 Å². The Morgan fingerprint density at radius 3 is 2.74 bits per heavy atom. The number of hydrogen-bond acceptors (Lipinski definition) is 6. The van der Waals surface area contributed by atoms with Crippen LogP contribution in [0.3, 0.4) is 0 Å². The van der Waals surface area contributed by atoms with Crippen LogP contribution in [0.5, 0.6) is 0 Å². The Balaban J connectivity index is 1.39. The zero-order valence-electron chi connectivity index (χ0n) is 14.6. The number of aromatic nitrogens is 4. The van der Waals surface area contributed by atoms with Crippen molar-refractivity contribution in [2.45, 2.75) is 17.5 Å². The molecule has 4 aromatic rings. The van der Waals surface area contributed by atoms with Gasteiger partial charge in [0.15, 0.2) is 5.16 Å². The molecule has 0 unspecified atom stereocenters. The number of rotatable bonds is 6. The van der Waals surface area contributed by atoms with Gasteiger partial charge in [0.05, 0.1) is 16.8 Å². The first-order valence-corrected chi connectivity index (χ1v) is 10.2. The van der Waals surface area contributed by atoms with Crippen molar-refractivity contribution in [1.29, 1.82) is 0 Å². The standard InChI is InChI=1S/C19H17N5OS2/c1-24(10-17-22-15-4-2-3-5-16(15)27-17)18(25)14-8-6-13(7-9-14)11-26-19-20-12-21-23-19/h2-9,12H,10-11H2,1H3,(H,20,21,23). The minimum atomic E-state index is -0.0105. The monoisotopic (exact) mass is 395 g/mol. The highest BCUT2D eigenvalue weighted by Crippen LogP contribution is 2.23. The van der Waals surface area contributed by atoms with Gasteiger partial charge in [-0.1, -0.05) is 36.0 Å². The maximum absolute atomic E-state index is 12.7. The predicted molar refractivity (Wildman–Crippen MR) is 108 cm³/mol. The molecular weight excluding hydrogens is 378 g/mol. The fourth-order valence-corrected chi connectivity index (χ4v) is 4.40. The molecule has 1 N–H and O–H groups in total. The number of H-pyrrole nitrogens is 1. The third kappa shape index (κ3) is 4.17. The van der Waals surface area contributed by atoms with E-state index in [0.29, 0.717) is 12.1 Å². The number of nitrogens with zero attached hydrogens (tertiary/aromatic N) is 4. The summed E-state index contributed by atoms with van der Waals surface area (Å²) in [7, 11) is 1.81. The van der Waals surface area contributed by atoms with E-state index >= 15 is 0 Å². The number of aromatic amines is 1. The van der Waals surface area contributed by atoms with Crippen LogP contribution >= 0.6 is 23.1 Å². The summed E-state index contributed by atoms with van der Waals surface area (Å²) >= 11 is 3.20. The van der Waals surface area contributed by atoms with Crippen LogP contribution in [0.2, 0.25) is 0 Å². The summed E-state index contributed by atoms with van der Waals surface area (Å²) in [6.45, 7) is 0.501. The molecule has 0 saturated heterocycles. The van der Waals surface area contributed by atoms with Crippen LogP contribution in [0.4, 0.5) is 0 Å². The number of para-hydroxylation sites is 1. The molecule has 27 heavy (non-hydrogen) atoms. The fraction of sp³-hybridized carbons (Fsp3) is 0.158. The van der Waals surface area contributed by atoms with E-state index in [1.165, 1.54) is 6.33 Å². The number of nitrogens with one attached hydrogen (secondary N) is 1. The molecule has 2 heterocycles. The molecule has 2 aromatic heterocycles. The normalized spacial score (nSPS) is 11.0. The van der Waals surface area contributed by atoms with Gasteiger partial charge in [-0.3, -0.25) is 9.89 Å². The second kappa shape index (κ2) is 7.89. The molecule has 8 heteroatoms. The molecule has 0 aliphatic rings. The molecule has 4 rings (SSSR count). The molecule has 2 aromatic carbocycles. The molecule has 0 bridgehead atoms. The highest BCUT2D eigenvalue weighted by Gasteiger charge is 2.14. The Bertz CT molecular complexity index is 1010. The first-order chi connectivity index (χ1) is 13.2. The molecule has 0 radical (unpaired) electrons. The van der Waals surface area contributed by atoms with Crippen LogP contribution in [0, 0.1) is 0 Å². The Kier molecular flexibility index (Phi) is 5.17. The maximum Gasteiger partial charge on any atom is 0.253 e. The summed E-state index contributed by atoms with van der Waals surface area (Å²) in [5.74, 6) is 0.759. The summed E-state index contributed by atoms with van der Waals surface area (Å²) in [4.78, 5) is 23.1. The van der Waals surface area contributed by atoms with E-state index in [0.717, 1.165) is 31.7 Å². The van der Waals surface area contributed by atoms with Crippen LogP contribution < -0.4 is 0 Å². The summed E-state index contributed by atoms with van der Waals surface area (Å²) in [5, 5.41) is 8.37. The second-order valence-electron chi connectivity index (χ2n) is 6.01. The van der Waals surface area contributed by atoms with Crippen molar-refractivity contribution < 1.29 is 4.79 Å². The quantitative estimate of drug-likeness (QED) is 0.500. The smallest absolute Gasteiger partial charge is 0.253 e. The molecular formula is C19H17N5OS2. The van der Waals surface area contributed by atoms with Crippen LogP contribution in [0.15, 0.2) is 60.0 Å². The fourth-order valence-electron chi connectivity index (χ4n) is 2.64. The molecule has 6 nitrogen and oxygen atoms in total. The predicted octanol–water partition coefficient (Wildman–Crippen LogP) is 3.98. The highest BCUT2D eigenvalue weighted by atomic mass is 32.2. The number of benzene rings is 2. The zero-order chi connectivity index (χ0) is 18.6. The van der Waals surface area contributed by atoms with Crippen LogP contribution in [-0.4, -0.2) is 38.0 Å². The SMILES string of the molecule is CN(Cc1nc2ccccc2s1)C(=O)c1ccc(CSc2ncn[nH]2)cc1. The van der Waals surface area contributed by atoms with E-state index in [4.69, 9.17) is 0 Å². The first-order valence-electron chi connectivity index (χ1n) is 8.36. The highest BCUT2D eigenvalue weighted by molar-refractivity contribution is 7.98. The van der Waals surface area contributed by atoms with Crippen molar-refractivity contribution in [1.82, 2.24) is 25.1 Å². The summed E-state index contributed by atoms with van der Waals surface area (Å²) in [5.41, 5.74) is 2.78. The van der Waals surface area contributed by atoms with E-state index in [9.17, 15) is 4.79 Å². The number of hydrogen-bond donors (Lipinski definition) is 1. The molecule has 0 aliphatic carbocycles. The van der Waals surface area contributed by atoms with E-state index in [1.807, 2.05) is 55.6 Å². The Hall–Kier alpha value is -2.71. The number of carbonyl (C=O) groups excluding carboxylic acids is 1. The van der Waals surface area contributed by atoms with E-state index < -0.39 is 0 Å². The van der Waals surface area contributed by atoms with Crippen molar-refractivity contribution in [2.24, 2.45) is 0 Å². The minimum absolute atomic E-state index is 0.0105.